The summed E-state index contributed by atoms with van der Waals surface area (Å²) >= 11 is 0. The summed E-state index contributed by atoms with van der Waals surface area (Å²) in [7, 11) is 0. The summed E-state index contributed by atoms with van der Waals surface area (Å²) < 4.78 is 4.91. The number of H-pyrrole nitrogens is 1. The van der Waals surface area contributed by atoms with Crippen LogP contribution in [0, 0.1) is 13.8 Å². The Bertz CT molecular complexity index is 618. The highest BCUT2D eigenvalue weighted by atomic mass is 16.5. The summed E-state index contributed by atoms with van der Waals surface area (Å²) in [5.74, 6) is -0.912. The third kappa shape index (κ3) is 3.26. The predicted molar refractivity (Wildman–Crippen MR) is 75.6 cm³/mol. The molecule has 2 rings (SSSR count). The summed E-state index contributed by atoms with van der Waals surface area (Å²) in [5, 5.41) is 2.73. The summed E-state index contributed by atoms with van der Waals surface area (Å²) in [6.45, 7) is 3.58. The van der Waals surface area contributed by atoms with Crippen LogP contribution in [0.2, 0.25) is 0 Å². The van der Waals surface area contributed by atoms with Gasteiger partial charge < -0.3 is 15.0 Å². The number of hydrogen-bond donors (Lipinski definition) is 2. The van der Waals surface area contributed by atoms with E-state index in [4.69, 9.17) is 4.74 Å². The summed E-state index contributed by atoms with van der Waals surface area (Å²) in [6, 6.07) is 8.92. The first-order chi connectivity index (χ1) is 9.58. The lowest BCUT2D eigenvalue weighted by atomic mass is 10.1. The van der Waals surface area contributed by atoms with Gasteiger partial charge in [0.15, 0.2) is 6.61 Å². The first-order valence-electron chi connectivity index (χ1n) is 6.24. The van der Waals surface area contributed by atoms with Gasteiger partial charge in [-0.1, -0.05) is 12.1 Å². The molecule has 0 aliphatic heterocycles. The average Bonchev–Trinajstić information content (AvgIpc) is 2.95. The van der Waals surface area contributed by atoms with Crippen molar-refractivity contribution in [2.75, 3.05) is 11.9 Å². The number of esters is 1. The van der Waals surface area contributed by atoms with Crippen molar-refractivity contribution in [1.82, 2.24) is 4.98 Å². The van der Waals surface area contributed by atoms with Gasteiger partial charge in [-0.25, -0.2) is 4.79 Å². The van der Waals surface area contributed by atoms with Crippen LogP contribution in [0.3, 0.4) is 0 Å². The van der Waals surface area contributed by atoms with Gasteiger partial charge in [-0.2, -0.15) is 0 Å². The van der Waals surface area contributed by atoms with E-state index >= 15 is 0 Å². The number of aromatic amines is 1. The topological polar surface area (TPSA) is 71.2 Å². The SMILES string of the molecule is Cc1cccc(NC(=O)COC(=O)c2ccc[nH]2)c1C. The molecule has 1 aromatic heterocycles. The highest BCUT2D eigenvalue weighted by Gasteiger charge is 2.11. The van der Waals surface area contributed by atoms with E-state index < -0.39 is 5.97 Å². The van der Waals surface area contributed by atoms with Crippen molar-refractivity contribution in [1.29, 1.82) is 0 Å². The normalized spacial score (nSPS) is 10.1. The third-order valence-corrected chi connectivity index (χ3v) is 3.03. The Morgan fingerprint density at radius 3 is 2.70 bits per heavy atom. The van der Waals surface area contributed by atoms with E-state index in [1.165, 1.54) is 0 Å². The van der Waals surface area contributed by atoms with E-state index in [-0.39, 0.29) is 12.5 Å². The predicted octanol–water partition coefficient (Wildman–Crippen LogP) is 2.43. The Kier molecular flexibility index (Phi) is 4.20. The summed E-state index contributed by atoms with van der Waals surface area (Å²) in [6.07, 6.45) is 1.62. The molecule has 0 aliphatic rings. The standard InChI is InChI=1S/C15H16N2O3/c1-10-5-3-6-12(11(10)2)17-14(18)9-20-15(19)13-7-4-8-16-13/h3-8,16H,9H2,1-2H3,(H,17,18). The van der Waals surface area contributed by atoms with E-state index in [1.54, 1.807) is 18.3 Å². The second-order valence-corrected chi connectivity index (χ2v) is 4.46. The van der Waals surface area contributed by atoms with Crippen molar-refractivity contribution in [2.24, 2.45) is 0 Å². The van der Waals surface area contributed by atoms with Gasteiger partial charge in [-0.3, -0.25) is 4.79 Å². The van der Waals surface area contributed by atoms with Crippen molar-refractivity contribution in [2.45, 2.75) is 13.8 Å². The van der Waals surface area contributed by atoms with E-state index in [0.29, 0.717) is 5.69 Å². The van der Waals surface area contributed by atoms with Crippen molar-refractivity contribution in [3.05, 3.63) is 53.3 Å². The van der Waals surface area contributed by atoms with Gasteiger partial charge in [0, 0.05) is 11.9 Å². The molecular weight excluding hydrogens is 256 g/mol. The zero-order chi connectivity index (χ0) is 14.5. The van der Waals surface area contributed by atoms with Crippen LogP contribution in [0.25, 0.3) is 0 Å². The van der Waals surface area contributed by atoms with E-state index in [2.05, 4.69) is 10.3 Å². The number of aryl methyl sites for hydroxylation is 1. The first-order valence-corrected chi connectivity index (χ1v) is 6.24. The van der Waals surface area contributed by atoms with Crippen molar-refractivity contribution in [3.8, 4) is 0 Å². The van der Waals surface area contributed by atoms with Crippen LogP contribution in [-0.2, 0) is 9.53 Å². The molecule has 1 aromatic carbocycles. The van der Waals surface area contributed by atoms with Gasteiger partial charge >= 0.3 is 5.97 Å². The number of carbonyl (C=O) groups excluding carboxylic acids is 2. The Morgan fingerprint density at radius 2 is 2.00 bits per heavy atom. The Balaban J connectivity index is 1.90. The maximum atomic E-state index is 11.8. The molecule has 5 nitrogen and oxygen atoms in total. The molecule has 0 spiro atoms. The van der Waals surface area contributed by atoms with Crippen LogP contribution in [0.4, 0.5) is 5.69 Å². The average molecular weight is 272 g/mol. The lowest BCUT2D eigenvalue weighted by molar-refractivity contribution is -0.119. The fourth-order valence-corrected chi connectivity index (χ4v) is 1.74. The molecule has 1 heterocycles. The lowest BCUT2D eigenvalue weighted by Crippen LogP contribution is -2.21. The maximum absolute atomic E-state index is 11.8. The molecule has 2 aromatic rings. The van der Waals surface area contributed by atoms with Crippen LogP contribution in [-0.4, -0.2) is 23.5 Å². The van der Waals surface area contributed by atoms with Crippen LogP contribution in [0.1, 0.15) is 21.6 Å². The monoisotopic (exact) mass is 272 g/mol. The summed E-state index contributed by atoms with van der Waals surface area (Å²) in [5.41, 5.74) is 3.14. The Labute approximate surface area is 117 Å². The first kappa shape index (κ1) is 13.9. The lowest BCUT2D eigenvalue weighted by Gasteiger charge is -2.10. The molecule has 0 radical (unpaired) electrons. The quantitative estimate of drug-likeness (QED) is 0.840. The number of carbonyl (C=O) groups is 2. The van der Waals surface area contributed by atoms with Crippen LogP contribution in [0.15, 0.2) is 36.5 Å². The minimum atomic E-state index is -0.550. The fourth-order valence-electron chi connectivity index (χ4n) is 1.74. The van der Waals surface area contributed by atoms with E-state index in [1.807, 2.05) is 32.0 Å². The molecule has 0 aliphatic carbocycles. The molecule has 0 saturated heterocycles. The van der Waals surface area contributed by atoms with Gasteiger partial charge in [0.2, 0.25) is 0 Å². The van der Waals surface area contributed by atoms with Crippen LogP contribution >= 0.6 is 0 Å². The number of aromatic nitrogens is 1. The molecule has 1 amide bonds. The molecule has 5 heteroatoms. The van der Waals surface area contributed by atoms with Crippen molar-refractivity contribution < 1.29 is 14.3 Å². The van der Waals surface area contributed by atoms with Crippen LogP contribution in [0.5, 0.6) is 0 Å². The zero-order valence-corrected chi connectivity index (χ0v) is 11.4. The number of hydrogen-bond acceptors (Lipinski definition) is 3. The minimum Gasteiger partial charge on any atom is -0.451 e. The number of rotatable bonds is 4. The van der Waals surface area contributed by atoms with Gasteiger partial charge in [0.1, 0.15) is 5.69 Å². The van der Waals surface area contributed by atoms with Gasteiger partial charge in [-0.05, 0) is 43.2 Å². The zero-order valence-electron chi connectivity index (χ0n) is 11.4. The second-order valence-electron chi connectivity index (χ2n) is 4.46. The smallest absolute Gasteiger partial charge is 0.355 e. The number of benzene rings is 1. The fraction of sp³-hybridized carbons (Fsp3) is 0.200. The number of amides is 1. The highest BCUT2D eigenvalue weighted by Crippen LogP contribution is 2.17. The molecule has 0 bridgehead atoms. The number of anilines is 1. The molecule has 0 unspecified atom stereocenters. The van der Waals surface area contributed by atoms with E-state index in [0.717, 1.165) is 16.8 Å². The molecule has 0 saturated carbocycles. The molecule has 2 N–H and O–H groups in total. The molecule has 20 heavy (non-hydrogen) atoms. The van der Waals surface area contributed by atoms with Crippen molar-refractivity contribution >= 4 is 17.6 Å². The van der Waals surface area contributed by atoms with E-state index in [9.17, 15) is 9.59 Å². The second kappa shape index (κ2) is 6.06. The third-order valence-electron chi connectivity index (χ3n) is 3.03. The molecule has 104 valence electrons. The number of nitrogens with one attached hydrogen (secondary N) is 2. The Hall–Kier alpha value is -2.56. The summed E-state index contributed by atoms with van der Waals surface area (Å²) in [4.78, 5) is 26.0. The van der Waals surface area contributed by atoms with Gasteiger partial charge in [0.25, 0.3) is 5.91 Å². The number of ether oxygens (including phenoxy) is 1. The van der Waals surface area contributed by atoms with Gasteiger partial charge in [0.05, 0.1) is 0 Å². The molecule has 0 fully saturated rings. The molecular formula is C15H16N2O3. The Morgan fingerprint density at radius 1 is 1.20 bits per heavy atom. The largest absolute Gasteiger partial charge is 0.451 e. The minimum absolute atomic E-state index is 0.314. The highest BCUT2D eigenvalue weighted by molar-refractivity contribution is 5.95. The van der Waals surface area contributed by atoms with Crippen LogP contribution < -0.4 is 5.32 Å². The van der Waals surface area contributed by atoms with Crippen molar-refractivity contribution in [3.63, 3.8) is 0 Å². The molecule has 0 atom stereocenters. The van der Waals surface area contributed by atoms with Gasteiger partial charge in [-0.15, -0.1) is 0 Å². The maximum Gasteiger partial charge on any atom is 0.355 e.